The van der Waals surface area contributed by atoms with Crippen molar-refractivity contribution in [2.45, 2.75) is 4.90 Å². The van der Waals surface area contributed by atoms with Crippen molar-refractivity contribution in [2.24, 2.45) is 0 Å². The van der Waals surface area contributed by atoms with Gasteiger partial charge in [0.15, 0.2) is 0 Å². The minimum Gasteiger partial charge on any atom is -0.399 e. The van der Waals surface area contributed by atoms with Crippen LogP contribution in [-0.2, 0) is 10.1 Å². The van der Waals surface area contributed by atoms with Crippen molar-refractivity contribution < 1.29 is 13.0 Å². The third-order valence-electron chi connectivity index (χ3n) is 2.04. The summed E-state index contributed by atoms with van der Waals surface area (Å²) in [4.78, 5) is 21.1. The Hall–Kier alpha value is -1.93. The zero-order valence-electron chi connectivity index (χ0n) is 7.75. The fourth-order valence-electron chi connectivity index (χ4n) is 1.28. The number of hydrogen-bond donors (Lipinski definition) is 2. The van der Waals surface area contributed by atoms with Gasteiger partial charge >= 0.3 is 11.1 Å². The van der Waals surface area contributed by atoms with Gasteiger partial charge in [0.1, 0.15) is 4.90 Å². The minimum absolute atomic E-state index is 0.0955. The molecule has 3 N–H and O–H groups in total. The molecule has 0 fully saturated rings. The van der Waals surface area contributed by atoms with Gasteiger partial charge in [-0.1, -0.05) is 0 Å². The van der Waals surface area contributed by atoms with Crippen LogP contribution in [0.3, 0.4) is 0 Å². The predicted octanol–water partition coefficient (Wildman–Crippen LogP) is -1.10. The summed E-state index contributed by atoms with van der Waals surface area (Å²) in [7, 11) is -4.53. The molecular formula is C8H6N2O5S. The zero-order valence-corrected chi connectivity index (χ0v) is 8.56. The first-order chi connectivity index (χ1) is 7.32. The standard InChI is InChI=1S/C8H6N2O5S/c9-4-1-2-5(10-7(11)8(10)12)6(3-4)16(13,14)15/h1-3H,9H2,(H,13,14,15). The zero-order chi connectivity index (χ0) is 12.1. The van der Waals surface area contributed by atoms with Crippen LogP contribution in [0.15, 0.2) is 32.7 Å². The van der Waals surface area contributed by atoms with E-state index in [-0.39, 0.29) is 11.4 Å². The fraction of sp³-hybridized carbons (Fsp3) is 0. The lowest BCUT2D eigenvalue weighted by molar-refractivity contribution is 0.483. The van der Waals surface area contributed by atoms with Crippen LogP contribution in [-0.4, -0.2) is 17.5 Å². The number of hydrogen-bond acceptors (Lipinski definition) is 5. The molecule has 0 atom stereocenters. The molecule has 0 spiro atoms. The molecule has 84 valence electrons. The molecule has 16 heavy (non-hydrogen) atoms. The van der Waals surface area contributed by atoms with Gasteiger partial charge in [-0.05, 0) is 18.2 Å². The van der Waals surface area contributed by atoms with Gasteiger partial charge in [-0.3, -0.25) is 14.1 Å². The van der Waals surface area contributed by atoms with Crippen molar-refractivity contribution in [1.82, 2.24) is 4.57 Å². The number of anilines is 1. The molecule has 0 radical (unpaired) electrons. The molecule has 0 bridgehead atoms. The van der Waals surface area contributed by atoms with E-state index >= 15 is 0 Å². The molecular weight excluding hydrogens is 236 g/mol. The van der Waals surface area contributed by atoms with E-state index in [1.165, 1.54) is 12.1 Å². The SMILES string of the molecule is Nc1ccc(-n2c(=O)c2=O)c(S(=O)(=O)O)c1. The quantitative estimate of drug-likeness (QED) is 0.392. The Kier molecular flexibility index (Phi) is 2.00. The van der Waals surface area contributed by atoms with Crippen molar-refractivity contribution in [3.05, 3.63) is 38.9 Å². The van der Waals surface area contributed by atoms with E-state index in [1.807, 2.05) is 0 Å². The minimum atomic E-state index is -4.53. The topological polar surface area (TPSA) is 119 Å². The van der Waals surface area contributed by atoms with Crippen molar-refractivity contribution in [1.29, 1.82) is 0 Å². The van der Waals surface area contributed by atoms with Gasteiger partial charge in [0.2, 0.25) is 0 Å². The Bertz CT molecular complexity index is 710. The summed E-state index contributed by atoms with van der Waals surface area (Å²) in [5, 5.41) is 0. The first kappa shape index (κ1) is 10.6. The summed E-state index contributed by atoms with van der Waals surface area (Å²) < 4.78 is 31.6. The molecule has 0 saturated carbocycles. The smallest absolute Gasteiger partial charge is 0.324 e. The summed E-state index contributed by atoms with van der Waals surface area (Å²) in [6.07, 6.45) is 0. The summed E-state index contributed by atoms with van der Waals surface area (Å²) in [5.41, 5.74) is 3.61. The van der Waals surface area contributed by atoms with Gasteiger partial charge in [0.05, 0.1) is 5.69 Å². The number of nitrogens with two attached hydrogens (primary N) is 1. The number of benzene rings is 1. The van der Waals surface area contributed by atoms with Gasteiger partial charge in [-0.2, -0.15) is 8.42 Å². The number of aromatic nitrogens is 1. The highest BCUT2D eigenvalue weighted by atomic mass is 32.2. The molecule has 2 rings (SSSR count). The van der Waals surface area contributed by atoms with Crippen LogP contribution in [0.2, 0.25) is 0 Å². The Morgan fingerprint density at radius 1 is 1.19 bits per heavy atom. The average molecular weight is 242 g/mol. The maximum Gasteiger partial charge on any atom is 0.324 e. The molecule has 1 aromatic carbocycles. The summed E-state index contributed by atoms with van der Waals surface area (Å²) >= 11 is 0. The first-order valence-electron chi connectivity index (χ1n) is 4.08. The normalized spacial score (nSPS) is 12.1. The number of nitrogens with zero attached hydrogens (tertiary/aromatic N) is 1. The van der Waals surface area contributed by atoms with Gasteiger partial charge in [-0.25, -0.2) is 4.57 Å². The molecule has 8 heteroatoms. The second-order valence-electron chi connectivity index (χ2n) is 3.15. The second kappa shape index (κ2) is 3.03. The molecule has 2 aromatic rings. The maximum absolute atomic E-state index is 11.0. The molecule has 1 aromatic heterocycles. The van der Waals surface area contributed by atoms with Crippen LogP contribution in [0.5, 0.6) is 0 Å². The lowest BCUT2D eigenvalue weighted by Crippen LogP contribution is -2.06. The predicted molar refractivity (Wildman–Crippen MR) is 54.9 cm³/mol. The third kappa shape index (κ3) is 1.53. The van der Waals surface area contributed by atoms with Crippen LogP contribution in [0.1, 0.15) is 0 Å². The van der Waals surface area contributed by atoms with Crippen molar-refractivity contribution >= 4 is 15.8 Å². The Morgan fingerprint density at radius 3 is 2.19 bits per heavy atom. The molecule has 7 nitrogen and oxygen atoms in total. The molecule has 0 unspecified atom stereocenters. The maximum atomic E-state index is 11.0. The van der Waals surface area contributed by atoms with Crippen LogP contribution in [0.4, 0.5) is 5.69 Å². The Morgan fingerprint density at radius 2 is 1.75 bits per heavy atom. The Balaban J connectivity index is 2.78. The van der Waals surface area contributed by atoms with E-state index in [4.69, 9.17) is 10.3 Å². The van der Waals surface area contributed by atoms with E-state index in [0.29, 0.717) is 4.57 Å². The molecule has 0 aliphatic heterocycles. The van der Waals surface area contributed by atoms with E-state index in [0.717, 1.165) is 6.07 Å². The van der Waals surface area contributed by atoms with Crippen LogP contribution >= 0.6 is 0 Å². The van der Waals surface area contributed by atoms with Crippen molar-refractivity contribution in [3.63, 3.8) is 0 Å². The van der Waals surface area contributed by atoms with Crippen molar-refractivity contribution in [2.75, 3.05) is 5.73 Å². The molecule has 0 aliphatic rings. The highest BCUT2D eigenvalue weighted by Crippen LogP contribution is 2.21. The Labute approximate surface area is 89.2 Å². The average Bonchev–Trinajstić information content (AvgIpc) is 2.74. The fourth-order valence-corrected chi connectivity index (χ4v) is 1.98. The van der Waals surface area contributed by atoms with Gasteiger partial charge in [0.25, 0.3) is 10.1 Å². The third-order valence-corrected chi connectivity index (χ3v) is 2.92. The van der Waals surface area contributed by atoms with E-state index in [1.54, 1.807) is 0 Å². The van der Waals surface area contributed by atoms with E-state index in [2.05, 4.69) is 0 Å². The van der Waals surface area contributed by atoms with Gasteiger partial charge in [-0.15, -0.1) is 0 Å². The monoisotopic (exact) mass is 242 g/mol. The highest BCUT2D eigenvalue weighted by molar-refractivity contribution is 7.86. The van der Waals surface area contributed by atoms with Gasteiger partial charge < -0.3 is 5.73 Å². The molecule has 1 heterocycles. The number of rotatable bonds is 2. The van der Waals surface area contributed by atoms with E-state index < -0.39 is 26.1 Å². The van der Waals surface area contributed by atoms with Crippen LogP contribution in [0, 0.1) is 0 Å². The lowest BCUT2D eigenvalue weighted by Gasteiger charge is -2.03. The molecule has 0 saturated heterocycles. The van der Waals surface area contributed by atoms with Crippen molar-refractivity contribution in [3.8, 4) is 5.69 Å². The lowest BCUT2D eigenvalue weighted by atomic mass is 10.3. The van der Waals surface area contributed by atoms with Crippen LogP contribution in [0.25, 0.3) is 5.69 Å². The largest absolute Gasteiger partial charge is 0.399 e. The second-order valence-corrected chi connectivity index (χ2v) is 4.54. The highest BCUT2D eigenvalue weighted by Gasteiger charge is 2.25. The van der Waals surface area contributed by atoms with E-state index in [9.17, 15) is 18.0 Å². The number of nitrogen functional groups attached to an aromatic ring is 1. The molecule has 0 amide bonds. The summed E-state index contributed by atoms with van der Waals surface area (Å²) in [6.45, 7) is 0. The summed E-state index contributed by atoms with van der Waals surface area (Å²) in [6, 6.07) is 3.48. The first-order valence-corrected chi connectivity index (χ1v) is 5.52. The van der Waals surface area contributed by atoms with Gasteiger partial charge in [0, 0.05) is 5.69 Å². The molecule has 0 aliphatic carbocycles. The van der Waals surface area contributed by atoms with Crippen LogP contribution < -0.4 is 16.9 Å². The summed E-state index contributed by atoms with van der Waals surface area (Å²) in [5.74, 6) is 0.